The average Bonchev–Trinajstić information content (AvgIpc) is 3.72. The third-order valence-electron chi connectivity index (χ3n) is 11.4. The molecule has 1 aromatic carbocycles. The summed E-state index contributed by atoms with van der Waals surface area (Å²) in [7, 11) is 6.12. The lowest BCUT2D eigenvalue weighted by molar-refractivity contribution is -0.145. The van der Waals surface area contributed by atoms with E-state index in [1.807, 2.05) is 27.7 Å². The van der Waals surface area contributed by atoms with Crippen molar-refractivity contribution in [3.8, 4) is 0 Å². The highest BCUT2D eigenvalue weighted by atomic mass is 16.6. The number of nitrogens with zero attached hydrogens (tertiary/aromatic N) is 3. The molecule has 0 radical (unpaired) electrons. The average molecular weight is 862 g/mol. The Morgan fingerprint density at radius 2 is 1.54 bits per heavy atom. The molecule has 8 atom stereocenters. The predicted octanol–water partition coefficient (Wildman–Crippen LogP) is 2.13. The molecule has 1 heterocycles. The van der Waals surface area contributed by atoms with Crippen molar-refractivity contribution >= 4 is 47.6 Å². The Morgan fingerprint density at radius 1 is 0.902 bits per heavy atom. The third-order valence-corrected chi connectivity index (χ3v) is 11.4. The highest BCUT2D eigenvalue weighted by Crippen LogP contribution is 2.29. The van der Waals surface area contributed by atoms with E-state index >= 15 is 0 Å². The number of hydrogen-bond donors (Lipinski definition) is 5. The van der Waals surface area contributed by atoms with Gasteiger partial charge in [-0.3, -0.25) is 34.2 Å². The van der Waals surface area contributed by atoms with Crippen LogP contribution in [-0.4, -0.2) is 153 Å². The van der Waals surface area contributed by atoms with Crippen LogP contribution >= 0.6 is 0 Å². The maximum absolute atomic E-state index is 13.8. The van der Waals surface area contributed by atoms with Gasteiger partial charge in [-0.25, -0.2) is 4.79 Å². The number of amides is 6. The second-order valence-corrected chi connectivity index (χ2v) is 16.5. The molecular formula is C43H71N7O11. The van der Waals surface area contributed by atoms with Gasteiger partial charge in [-0.1, -0.05) is 67.0 Å². The second-order valence-electron chi connectivity index (χ2n) is 16.5. The number of ether oxygens (including phenoxy) is 3. The monoisotopic (exact) mass is 862 g/mol. The number of aliphatic hydroxyl groups is 1. The third kappa shape index (κ3) is 15.3. The largest absolute Gasteiger partial charge is 0.445 e. The first-order chi connectivity index (χ1) is 28.9. The molecule has 0 spiro atoms. The second kappa shape index (κ2) is 26.0. The van der Waals surface area contributed by atoms with Crippen LogP contribution in [0.5, 0.6) is 0 Å². The zero-order chi connectivity index (χ0) is 46.0. The Kier molecular flexibility index (Phi) is 22.3. The maximum atomic E-state index is 13.8. The van der Waals surface area contributed by atoms with Crippen LogP contribution in [0.25, 0.3) is 0 Å². The number of carbonyl (C=O) groups is 7. The van der Waals surface area contributed by atoms with E-state index < -0.39 is 66.0 Å². The lowest BCUT2D eigenvalue weighted by Crippen LogP contribution is -2.55. The van der Waals surface area contributed by atoms with Crippen molar-refractivity contribution in [3.63, 3.8) is 0 Å². The molecule has 344 valence electrons. The maximum Gasteiger partial charge on any atom is 0.410 e. The number of aldehydes is 1. The van der Waals surface area contributed by atoms with Crippen LogP contribution in [0.15, 0.2) is 24.3 Å². The molecule has 1 fully saturated rings. The zero-order valence-electron chi connectivity index (χ0n) is 37.9. The summed E-state index contributed by atoms with van der Waals surface area (Å²) in [4.78, 5) is 95.0. The molecule has 1 aliphatic heterocycles. The van der Waals surface area contributed by atoms with Crippen molar-refractivity contribution in [2.75, 3.05) is 60.0 Å². The Bertz CT molecular complexity index is 1590. The van der Waals surface area contributed by atoms with E-state index in [9.17, 15) is 33.6 Å². The van der Waals surface area contributed by atoms with Crippen LogP contribution in [0, 0.1) is 23.7 Å². The number of aliphatic hydroxyl groups excluding tert-OH is 1. The van der Waals surface area contributed by atoms with Crippen LogP contribution in [0.3, 0.4) is 0 Å². The van der Waals surface area contributed by atoms with Crippen molar-refractivity contribution in [1.82, 2.24) is 30.7 Å². The first kappa shape index (κ1) is 52.5. The SMILES string of the molecule is CCC(C)C(C(CC(=O)N1CCCC1C(OC)C(C)C=O)OC)N(C)C(=O)CNC(=O)C(C(C)C)N(C)C(=O)OCc1ccc(NC(=O)CNC(=O)C(NCO)C(C)C)cc1. The lowest BCUT2D eigenvalue weighted by Gasteiger charge is -2.39. The minimum atomic E-state index is -0.972. The van der Waals surface area contributed by atoms with Crippen molar-refractivity contribution in [2.24, 2.45) is 23.7 Å². The standard InChI is InChI=1S/C43H71N7O11/c1-12-28(6)39(33(59-10)20-35(54)50-19-13-14-32(50)40(60-11)29(7)23-51)48(8)36(55)22-45-42(57)38(27(4)5)49(9)43(58)61-24-30-15-17-31(18-16-30)47-34(53)21-44-41(56)37(26(2)3)46-25-52/h15-18,23,26-29,32-33,37-40,46,52H,12-14,19-22,24-25H2,1-11H3,(H,44,56)(H,45,57)(H,47,53). The summed E-state index contributed by atoms with van der Waals surface area (Å²) in [6.45, 7) is 12.3. The van der Waals surface area contributed by atoms with Gasteiger partial charge in [0, 0.05) is 46.5 Å². The highest BCUT2D eigenvalue weighted by molar-refractivity contribution is 5.95. The summed E-state index contributed by atoms with van der Waals surface area (Å²) in [6.07, 6.45) is 1.17. The molecule has 0 aliphatic carbocycles. The number of likely N-dealkylation sites (N-methyl/N-ethyl adjacent to an activating group) is 2. The summed E-state index contributed by atoms with van der Waals surface area (Å²) in [5, 5.41) is 19.7. The van der Waals surface area contributed by atoms with E-state index in [4.69, 9.17) is 19.3 Å². The molecule has 8 unspecified atom stereocenters. The van der Waals surface area contributed by atoms with Gasteiger partial charge in [-0.15, -0.1) is 0 Å². The molecule has 0 aromatic heterocycles. The van der Waals surface area contributed by atoms with E-state index in [2.05, 4.69) is 21.3 Å². The first-order valence-electron chi connectivity index (χ1n) is 21.1. The molecule has 18 heteroatoms. The van der Waals surface area contributed by atoms with Gasteiger partial charge in [0.2, 0.25) is 29.5 Å². The minimum absolute atomic E-state index is 0.00630. The van der Waals surface area contributed by atoms with Gasteiger partial charge >= 0.3 is 6.09 Å². The van der Waals surface area contributed by atoms with Gasteiger partial charge in [-0.2, -0.15) is 0 Å². The summed E-state index contributed by atoms with van der Waals surface area (Å²) < 4.78 is 17.0. The summed E-state index contributed by atoms with van der Waals surface area (Å²) in [5.74, 6) is -2.89. The molecule has 5 N–H and O–H groups in total. The van der Waals surface area contributed by atoms with Crippen molar-refractivity contribution in [1.29, 1.82) is 0 Å². The number of anilines is 1. The van der Waals surface area contributed by atoms with Gasteiger partial charge in [0.25, 0.3) is 0 Å². The molecule has 61 heavy (non-hydrogen) atoms. The van der Waals surface area contributed by atoms with Gasteiger partial charge < -0.3 is 49.9 Å². The fourth-order valence-corrected chi connectivity index (χ4v) is 7.86. The summed E-state index contributed by atoms with van der Waals surface area (Å²) in [5.41, 5.74) is 1.07. The van der Waals surface area contributed by atoms with E-state index in [-0.39, 0.29) is 62.6 Å². The predicted molar refractivity (Wildman–Crippen MR) is 229 cm³/mol. The van der Waals surface area contributed by atoms with E-state index in [0.717, 1.165) is 12.7 Å². The number of benzene rings is 1. The number of methoxy groups -OCH3 is 2. The molecular weight excluding hydrogens is 791 g/mol. The lowest BCUT2D eigenvalue weighted by atomic mass is 9.90. The number of rotatable bonds is 25. The van der Waals surface area contributed by atoms with Crippen molar-refractivity contribution < 1.29 is 52.9 Å². The van der Waals surface area contributed by atoms with Gasteiger partial charge in [0.15, 0.2) is 0 Å². The Hall–Kier alpha value is -4.65. The molecule has 1 aliphatic rings. The van der Waals surface area contributed by atoms with Gasteiger partial charge in [0.05, 0.1) is 56.6 Å². The van der Waals surface area contributed by atoms with Crippen molar-refractivity contribution in [2.45, 2.75) is 117 Å². The minimum Gasteiger partial charge on any atom is -0.445 e. The molecule has 1 saturated heterocycles. The van der Waals surface area contributed by atoms with Gasteiger partial charge in [-0.05, 0) is 48.3 Å². The van der Waals surface area contributed by atoms with Crippen molar-refractivity contribution in [3.05, 3.63) is 29.8 Å². The van der Waals surface area contributed by atoms with Crippen LogP contribution < -0.4 is 21.3 Å². The highest BCUT2D eigenvalue weighted by Gasteiger charge is 2.41. The Morgan fingerprint density at radius 3 is 2.08 bits per heavy atom. The molecule has 0 saturated carbocycles. The fourth-order valence-electron chi connectivity index (χ4n) is 7.86. The number of hydrogen-bond acceptors (Lipinski definition) is 12. The van der Waals surface area contributed by atoms with Gasteiger partial charge in [0.1, 0.15) is 18.9 Å². The quantitative estimate of drug-likeness (QED) is 0.0705. The first-order valence-corrected chi connectivity index (χ1v) is 21.1. The van der Waals surface area contributed by atoms with E-state index in [1.54, 1.807) is 64.1 Å². The molecule has 2 rings (SSSR count). The summed E-state index contributed by atoms with van der Waals surface area (Å²) in [6, 6.07) is 4.16. The van der Waals surface area contributed by atoms with Crippen LogP contribution in [0.1, 0.15) is 79.7 Å². The molecule has 1 aromatic rings. The van der Waals surface area contributed by atoms with E-state index in [0.29, 0.717) is 30.6 Å². The zero-order valence-corrected chi connectivity index (χ0v) is 37.9. The smallest absolute Gasteiger partial charge is 0.410 e. The number of nitrogens with one attached hydrogen (secondary N) is 4. The topological polar surface area (TPSA) is 225 Å². The number of likely N-dealkylation sites (tertiary alicyclic amines) is 1. The Labute approximate surface area is 361 Å². The van der Waals surface area contributed by atoms with Crippen LogP contribution in [-0.2, 0) is 49.6 Å². The molecule has 18 nitrogen and oxygen atoms in total. The molecule has 0 bridgehead atoms. The molecule has 6 amide bonds. The fraction of sp³-hybridized carbons (Fsp3) is 0.698. The number of carbonyl (C=O) groups excluding carboxylic acids is 7. The summed E-state index contributed by atoms with van der Waals surface area (Å²) >= 11 is 0. The normalized spacial score (nSPS) is 17.3. The van der Waals surface area contributed by atoms with Crippen LogP contribution in [0.4, 0.5) is 10.5 Å². The van der Waals surface area contributed by atoms with Crippen LogP contribution in [0.2, 0.25) is 0 Å². The Balaban J connectivity index is 2.00. The van der Waals surface area contributed by atoms with E-state index in [1.165, 1.54) is 24.0 Å².